The van der Waals surface area contributed by atoms with Crippen molar-refractivity contribution in [3.63, 3.8) is 0 Å². The lowest BCUT2D eigenvalue weighted by molar-refractivity contribution is -0.384. The molecule has 0 spiro atoms. The third kappa shape index (κ3) is 5.09. The van der Waals surface area contributed by atoms with Gasteiger partial charge in [0.2, 0.25) is 5.90 Å². The fourth-order valence-corrected chi connectivity index (χ4v) is 3.68. The van der Waals surface area contributed by atoms with Gasteiger partial charge in [0.05, 0.1) is 16.5 Å². The van der Waals surface area contributed by atoms with Crippen LogP contribution in [0.25, 0.3) is 6.08 Å². The SMILES string of the molecule is COc1cc(/C=C2\N=C(c3ccc([N+](=O)[O-])cc3)OC2=O)cc(Br)c1OCc1ccccc1. The molecule has 3 aromatic rings. The molecular formula is C24H17BrN2O6. The van der Waals surface area contributed by atoms with Gasteiger partial charge in [0.15, 0.2) is 17.2 Å². The molecule has 0 amide bonds. The maximum atomic E-state index is 12.3. The van der Waals surface area contributed by atoms with E-state index in [0.29, 0.717) is 33.7 Å². The summed E-state index contributed by atoms with van der Waals surface area (Å²) >= 11 is 3.50. The zero-order chi connectivity index (χ0) is 23.4. The van der Waals surface area contributed by atoms with Crippen molar-refractivity contribution in [3.05, 3.63) is 104 Å². The van der Waals surface area contributed by atoms with E-state index in [0.717, 1.165) is 5.56 Å². The number of aliphatic imine (C=N–C) groups is 1. The van der Waals surface area contributed by atoms with Gasteiger partial charge in [-0.2, -0.15) is 0 Å². The maximum absolute atomic E-state index is 12.3. The molecular weight excluding hydrogens is 492 g/mol. The van der Waals surface area contributed by atoms with Crippen molar-refractivity contribution in [1.82, 2.24) is 0 Å². The molecule has 3 aromatic carbocycles. The summed E-state index contributed by atoms with van der Waals surface area (Å²) in [7, 11) is 1.53. The van der Waals surface area contributed by atoms with Crippen LogP contribution in [0.5, 0.6) is 11.5 Å². The van der Waals surface area contributed by atoms with Crippen LogP contribution in [0.1, 0.15) is 16.7 Å². The van der Waals surface area contributed by atoms with Gasteiger partial charge in [0, 0.05) is 17.7 Å². The van der Waals surface area contributed by atoms with E-state index in [1.54, 1.807) is 18.2 Å². The Labute approximate surface area is 197 Å². The highest BCUT2D eigenvalue weighted by atomic mass is 79.9. The normalized spacial score (nSPS) is 14.1. The highest BCUT2D eigenvalue weighted by Gasteiger charge is 2.25. The second-order valence-electron chi connectivity index (χ2n) is 6.95. The van der Waals surface area contributed by atoms with E-state index in [9.17, 15) is 14.9 Å². The quantitative estimate of drug-likeness (QED) is 0.186. The highest BCUT2D eigenvalue weighted by Crippen LogP contribution is 2.38. The number of hydrogen-bond donors (Lipinski definition) is 0. The summed E-state index contributed by atoms with van der Waals surface area (Å²) < 4.78 is 17.3. The van der Waals surface area contributed by atoms with Gasteiger partial charge < -0.3 is 14.2 Å². The summed E-state index contributed by atoms with van der Waals surface area (Å²) in [6.45, 7) is 0.367. The Morgan fingerprint density at radius 2 is 1.85 bits per heavy atom. The monoisotopic (exact) mass is 508 g/mol. The number of rotatable bonds is 7. The molecule has 8 nitrogen and oxygen atoms in total. The highest BCUT2D eigenvalue weighted by molar-refractivity contribution is 9.10. The van der Waals surface area contributed by atoms with Crippen molar-refractivity contribution in [1.29, 1.82) is 0 Å². The van der Waals surface area contributed by atoms with Crippen LogP contribution in [-0.4, -0.2) is 23.9 Å². The molecule has 0 saturated heterocycles. The van der Waals surface area contributed by atoms with Crippen molar-refractivity contribution in [2.45, 2.75) is 6.61 Å². The average Bonchev–Trinajstić information content (AvgIpc) is 3.18. The second-order valence-corrected chi connectivity index (χ2v) is 7.80. The summed E-state index contributed by atoms with van der Waals surface area (Å²) in [5, 5.41) is 10.8. The molecule has 0 aliphatic carbocycles. The zero-order valence-corrected chi connectivity index (χ0v) is 18.9. The van der Waals surface area contributed by atoms with Crippen LogP contribution in [0.4, 0.5) is 5.69 Å². The maximum Gasteiger partial charge on any atom is 0.363 e. The Balaban J connectivity index is 1.58. The van der Waals surface area contributed by atoms with E-state index in [2.05, 4.69) is 20.9 Å². The summed E-state index contributed by atoms with van der Waals surface area (Å²) in [6.07, 6.45) is 1.56. The van der Waals surface area contributed by atoms with E-state index in [1.807, 2.05) is 30.3 Å². The number of esters is 1. The molecule has 4 rings (SSSR count). The van der Waals surface area contributed by atoms with E-state index in [4.69, 9.17) is 14.2 Å². The van der Waals surface area contributed by atoms with Crippen molar-refractivity contribution >= 4 is 39.6 Å². The summed E-state index contributed by atoms with van der Waals surface area (Å²) in [4.78, 5) is 26.9. The summed E-state index contributed by atoms with van der Waals surface area (Å²) in [6, 6.07) is 18.8. The molecule has 0 aromatic heterocycles. The molecule has 0 atom stereocenters. The fourth-order valence-electron chi connectivity index (χ4n) is 3.11. The number of nitrogens with zero attached hydrogens (tertiary/aromatic N) is 2. The first-order valence-electron chi connectivity index (χ1n) is 9.76. The molecule has 1 aliphatic heterocycles. The summed E-state index contributed by atoms with van der Waals surface area (Å²) in [5.74, 6) is 0.475. The van der Waals surface area contributed by atoms with Crippen LogP contribution in [0.2, 0.25) is 0 Å². The van der Waals surface area contributed by atoms with E-state index >= 15 is 0 Å². The predicted octanol–water partition coefficient (Wildman–Crippen LogP) is 5.29. The first-order chi connectivity index (χ1) is 15.9. The lowest BCUT2D eigenvalue weighted by Crippen LogP contribution is -2.05. The molecule has 0 unspecified atom stereocenters. The first-order valence-corrected chi connectivity index (χ1v) is 10.6. The van der Waals surface area contributed by atoms with Crippen LogP contribution in [-0.2, 0) is 16.1 Å². The lowest BCUT2D eigenvalue weighted by Gasteiger charge is -2.13. The number of hydrogen-bond acceptors (Lipinski definition) is 7. The van der Waals surface area contributed by atoms with Crippen LogP contribution in [0, 0.1) is 10.1 Å². The predicted molar refractivity (Wildman–Crippen MR) is 125 cm³/mol. The Morgan fingerprint density at radius 1 is 1.12 bits per heavy atom. The number of nitro groups is 1. The molecule has 0 N–H and O–H groups in total. The Hall–Kier alpha value is -3.98. The van der Waals surface area contributed by atoms with Gasteiger partial charge >= 0.3 is 5.97 Å². The number of nitro benzene ring substituents is 1. The van der Waals surface area contributed by atoms with Crippen LogP contribution < -0.4 is 9.47 Å². The van der Waals surface area contributed by atoms with E-state index in [-0.39, 0.29) is 17.3 Å². The molecule has 0 radical (unpaired) electrons. The number of halogens is 1. The zero-order valence-electron chi connectivity index (χ0n) is 17.4. The van der Waals surface area contributed by atoms with Gasteiger partial charge in [-0.3, -0.25) is 10.1 Å². The van der Waals surface area contributed by atoms with Gasteiger partial charge in [-0.05, 0) is 57.4 Å². The van der Waals surface area contributed by atoms with Gasteiger partial charge in [0.1, 0.15) is 6.61 Å². The van der Waals surface area contributed by atoms with Crippen molar-refractivity contribution in [2.75, 3.05) is 7.11 Å². The number of cyclic esters (lactones) is 1. The third-order valence-electron chi connectivity index (χ3n) is 4.73. The minimum absolute atomic E-state index is 0.0639. The van der Waals surface area contributed by atoms with Crippen molar-refractivity contribution in [3.8, 4) is 11.5 Å². The van der Waals surface area contributed by atoms with Crippen LogP contribution in [0.3, 0.4) is 0 Å². The fraction of sp³-hybridized carbons (Fsp3) is 0.0833. The van der Waals surface area contributed by atoms with Gasteiger partial charge in [-0.25, -0.2) is 9.79 Å². The minimum Gasteiger partial charge on any atom is -0.493 e. The Morgan fingerprint density at radius 3 is 2.52 bits per heavy atom. The van der Waals surface area contributed by atoms with Gasteiger partial charge in [-0.1, -0.05) is 30.3 Å². The second kappa shape index (κ2) is 9.66. The number of non-ortho nitro benzene ring substituents is 1. The molecule has 0 fully saturated rings. The number of benzene rings is 3. The first kappa shape index (κ1) is 22.2. The largest absolute Gasteiger partial charge is 0.493 e. The number of carbonyl (C=O) groups is 1. The number of methoxy groups -OCH3 is 1. The minimum atomic E-state index is -0.622. The third-order valence-corrected chi connectivity index (χ3v) is 5.32. The Kier molecular flexibility index (Phi) is 6.50. The van der Waals surface area contributed by atoms with Crippen LogP contribution in [0.15, 0.2) is 81.9 Å². The van der Waals surface area contributed by atoms with Crippen molar-refractivity contribution < 1.29 is 23.9 Å². The van der Waals surface area contributed by atoms with Crippen LogP contribution >= 0.6 is 15.9 Å². The summed E-state index contributed by atoms with van der Waals surface area (Å²) in [5.41, 5.74) is 2.15. The van der Waals surface area contributed by atoms with Gasteiger partial charge in [0.25, 0.3) is 5.69 Å². The Bertz CT molecular complexity index is 1270. The van der Waals surface area contributed by atoms with Gasteiger partial charge in [-0.15, -0.1) is 0 Å². The molecule has 0 bridgehead atoms. The average molecular weight is 509 g/mol. The standard InChI is InChI=1S/C24H17BrN2O6/c1-31-21-13-16(11-19(25)22(21)32-14-15-5-3-2-4-6-15)12-20-24(28)33-23(26-20)17-7-9-18(10-8-17)27(29)30/h2-13H,14H2,1H3/b20-12-. The lowest BCUT2D eigenvalue weighted by atomic mass is 10.1. The molecule has 166 valence electrons. The van der Waals surface area contributed by atoms with Crippen molar-refractivity contribution in [2.24, 2.45) is 4.99 Å². The molecule has 9 heteroatoms. The smallest absolute Gasteiger partial charge is 0.363 e. The number of carbonyl (C=O) groups excluding carboxylic acids is 1. The molecule has 33 heavy (non-hydrogen) atoms. The molecule has 0 saturated carbocycles. The topological polar surface area (TPSA) is 100 Å². The van der Waals surface area contributed by atoms with E-state index < -0.39 is 10.9 Å². The van der Waals surface area contributed by atoms with E-state index in [1.165, 1.54) is 31.4 Å². The number of ether oxygens (including phenoxy) is 3. The molecule has 1 aliphatic rings. The molecule has 1 heterocycles.